The molecule has 0 radical (unpaired) electrons. The van der Waals surface area contributed by atoms with E-state index in [0.717, 1.165) is 34.5 Å². The number of rotatable bonds is 7. The molecule has 1 aliphatic heterocycles. The van der Waals surface area contributed by atoms with Crippen molar-refractivity contribution in [3.8, 4) is 11.4 Å². The second-order valence-corrected chi connectivity index (χ2v) is 8.15. The van der Waals surface area contributed by atoms with Crippen molar-refractivity contribution in [3.05, 3.63) is 83.2 Å². The minimum Gasteiger partial charge on any atom is -0.495 e. The summed E-state index contributed by atoms with van der Waals surface area (Å²) in [6.07, 6.45) is 7.16. The van der Waals surface area contributed by atoms with E-state index in [9.17, 15) is 9.18 Å². The van der Waals surface area contributed by atoms with E-state index in [2.05, 4.69) is 4.98 Å². The summed E-state index contributed by atoms with van der Waals surface area (Å²) >= 11 is 0. The monoisotopic (exact) mass is 449 g/mol. The van der Waals surface area contributed by atoms with Gasteiger partial charge in [0.25, 0.3) is 0 Å². The normalized spacial score (nSPS) is 16.3. The second-order valence-electron chi connectivity index (χ2n) is 8.15. The van der Waals surface area contributed by atoms with Gasteiger partial charge in [0.2, 0.25) is 5.91 Å². The van der Waals surface area contributed by atoms with E-state index in [0.29, 0.717) is 25.3 Å². The van der Waals surface area contributed by atoms with Crippen molar-refractivity contribution in [2.45, 2.75) is 25.8 Å². The van der Waals surface area contributed by atoms with Crippen LogP contribution in [0.5, 0.6) is 5.75 Å². The van der Waals surface area contributed by atoms with Crippen LogP contribution in [-0.2, 0) is 9.53 Å². The minimum absolute atomic E-state index is 0.0269. The number of methoxy groups -OCH3 is 2. The minimum atomic E-state index is -0.302. The summed E-state index contributed by atoms with van der Waals surface area (Å²) in [5.41, 5.74) is 4.28. The van der Waals surface area contributed by atoms with E-state index in [-0.39, 0.29) is 17.8 Å². The van der Waals surface area contributed by atoms with Gasteiger partial charge in [-0.3, -0.25) is 4.79 Å². The lowest BCUT2D eigenvalue weighted by molar-refractivity contribution is -0.132. The third-order valence-corrected chi connectivity index (χ3v) is 5.87. The van der Waals surface area contributed by atoms with E-state index in [1.54, 1.807) is 32.7 Å². The lowest BCUT2D eigenvalue weighted by Crippen LogP contribution is -2.41. The predicted molar refractivity (Wildman–Crippen MR) is 125 cm³/mol. The number of likely N-dealkylation sites (tertiary alicyclic amines) is 1. The van der Waals surface area contributed by atoms with Crippen LogP contribution in [0.4, 0.5) is 4.39 Å². The molecule has 0 saturated carbocycles. The van der Waals surface area contributed by atoms with Crippen molar-refractivity contribution < 1.29 is 18.7 Å². The first-order chi connectivity index (χ1) is 16.0. The standard InChI is InChI=1S/C26H28FN3O3/c1-18-15-29(17-28-18)23-11-6-19(14-25(23)33-3)13-21-5-4-12-30(26(21)31)24(16-32-2)20-7-9-22(27)10-8-20/h6-11,13-15,17,24H,4-5,12,16H2,1-3H3/b21-13+/t24-/m0/s1. The van der Waals surface area contributed by atoms with Crippen molar-refractivity contribution in [1.82, 2.24) is 14.5 Å². The van der Waals surface area contributed by atoms with E-state index in [1.807, 2.05) is 46.9 Å². The first kappa shape index (κ1) is 22.7. The number of carbonyl (C=O) groups excluding carboxylic acids is 1. The Kier molecular flexibility index (Phi) is 6.89. The van der Waals surface area contributed by atoms with Crippen molar-refractivity contribution in [1.29, 1.82) is 0 Å². The SMILES string of the molecule is COC[C@@H](c1ccc(F)cc1)N1CCC/C(=C\c2ccc(-n3cnc(C)c3)c(OC)c2)C1=O. The lowest BCUT2D eigenvalue weighted by Gasteiger charge is -2.35. The molecule has 0 bridgehead atoms. The van der Waals surface area contributed by atoms with Gasteiger partial charge in [-0.1, -0.05) is 18.2 Å². The third kappa shape index (κ3) is 4.98. The van der Waals surface area contributed by atoms with E-state index >= 15 is 0 Å². The molecular weight excluding hydrogens is 421 g/mol. The summed E-state index contributed by atoms with van der Waals surface area (Å²) in [6, 6.07) is 11.8. The number of amides is 1. The van der Waals surface area contributed by atoms with Gasteiger partial charge in [-0.2, -0.15) is 0 Å². The topological polar surface area (TPSA) is 56.6 Å². The zero-order valence-corrected chi connectivity index (χ0v) is 19.1. The summed E-state index contributed by atoms with van der Waals surface area (Å²) in [5, 5.41) is 0. The fraction of sp³-hybridized carbons (Fsp3) is 0.308. The highest BCUT2D eigenvalue weighted by atomic mass is 19.1. The summed E-state index contributed by atoms with van der Waals surface area (Å²) < 4.78 is 26.3. The number of halogens is 1. The molecule has 33 heavy (non-hydrogen) atoms. The number of imidazole rings is 1. The van der Waals surface area contributed by atoms with Crippen molar-refractivity contribution in [2.24, 2.45) is 0 Å². The maximum atomic E-state index is 13.4. The highest BCUT2D eigenvalue weighted by Gasteiger charge is 2.30. The van der Waals surface area contributed by atoms with Gasteiger partial charge in [0.05, 0.1) is 37.5 Å². The number of aromatic nitrogens is 2. The number of aryl methyl sites for hydroxylation is 1. The van der Waals surface area contributed by atoms with Crippen LogP contribution in [0.2, 0.25) is 0 Å². The van der Waals surface area contributed by atoms with Crippen molar-refractivity contribution in [3.63, 3.8) is 0 Å². The number of hydrogen-bond acceptors (Lipinski definition) is 4. The Bertz CT molecular complexity index is 1150. The predicted octanol–water partition coefficient (Wildman–Crippen LogP) is 4.72. The van der Waals surface area contributed by atoms with E-state index in [4.69, 9.17) is 9.47 Å². The third-order valence-electron chi connectivity index (χ3n) is 5.87. The van der Waals surface area contributed by atoms with Gasteiger partial charge in [0.15, 0.2) is 0 Å². The number of piperidine rings is 1. The van der Waals surface area contributed by atoms with Gasteiger partial charge in [0, 0.05) is 25.4 Å². The molecular formula is C26H28FN3O3. The quantitative estimate of drug-likeness (QED) is 0.490. The molecule has 0 aliphatic carbocycles. The Morgan fingerprint density at radius 1 is 1.18 bits per heavy atom. The van der Waals surface area contributed by atoms with Gasteiger partial charge in [-0.15, -0.1) is 0 Å². The van der Waals surface area contributed by atoms with Gasteiger partial charge in [0.1, 0.15) is 11.6 Å². The van der Waals surface area contributed by atoms with Gasteiger partial charge in [-0.05, 0) is 61.2 Å². The Balaban J connectivity index is 1.61. The second kappa shape index (κ2) is 10.0. The molecule has 0 N–H and O–H groups in total. The molecule has 1 aliphatic rings. The van der Waals surface area contributed by atoms with Crippen LogP contribution in [0.25, 0.3) is 11.8 Å². The van der Waals surface area contributed by atoms with Crippen LogP contribution >= 0.6 is 0 Å². The number of hydrogen-bond donors (Lipinski definition) is 0. The van der Waals surface area contributed by atoms with Gasteiger partial charge >= 0.3 is 0 Å². The average Bonchev–Trinajstić information content (AvgIpc) is 3.26. The highest BCUT2D eigenvalue weighted by molar-refractivity contribution is 5.98. The molecule has 1 atom stereocenters. The zero-order valence-electron chi connectivity index (χ0n) is 19.1. The van der Waals surface area contributed by atoms with Crippen LogP contribution in [0.1, 0.15) is 35.7 Å². The molecule has 4 rings (SSSR count). The number of ether oxygens (including phenoxy) is 2. The molecule has 2 aromatic carbocycles. The summed E-state index contributed by atoms with van der Waals surface area (Å²) in [4.78, 5) is 19.5. The summed E-state index contributed by atoms with van der Waals surface area (Å²) in [7, 11) is 3.24. The van der Waals surface area contributed by atoms with Crippen LogP contribution in [0.3, 0.4) is 0 Å². The Morgan fingerprint density at radius 2 is 1.97 bits per heavy atom. The van der Waals surface area contributed by atoms with E-state index in [1.165, 1.54) is 12.1 Å². The maximum Gasteiger partial charge on any atom is 0.250 e. The van der Waals surface area contributed by atoms with E-state index < -0.39 is 0 Å². The van der Waals surface area contributed by atoms with Crippen LogP contribution in [0.15, 0.2) is 60.6 Å². The molecule has 1 aromatic heterocycles. The molecule has 1 saturated heterocycles. The van der Waals surface area contributed by atoms with Gasteiger partial charge in [-0.25, -0.2) is 9.37 Å². The largest absolute Gasteiger partial charge is 0.495 e. The molecule has 1 amide bonds. The summed E-state index contributed by atoms with van der Waals surface area (Å²) in [5.74, 6) is 0.370. The molecule has 0 spiro atoms. The summed E-state index contributed by atoms with van der Waals surface area (Å²) in [6.45, 7) is 2.91. The lowest BCUT2D eigenvalue weighted by atomic mass is 9.97. The average molecular weight is 450 g/mol. The molecule has 1 fully saturated rings. The Morgan fingerprint density at radius 3 is 2.64 bits per heavy atom. The van der Waals surface area contributed by atoms with Crippen LogP contribution in [0, 0.1) is 12.7 Å². The molecule has 3 aromatic rings. The smallest absolute Gasteiger partial charge is 0.250 e. The van der Waals surface area contributed by atoms with Gasteiger partial charge < -0.3 is 18.9 Å². The van der Waals surface area contributed by atoms with Crippen LogP contribution in [-0.4, -0.2) is 47.7 Å². The first-order valence-electron chi connectivity index (χ1n) is 10.9. The highest BCUT2D eigenvalue weighted by Crippen LogP contribution is 2.31. The molecule has 2 heterocycles. The maximum absolute atomic E-state index is 13.4. The van der Waals surface area contributed by atoms with Crippen molar-refractivity contribution >= 4 is 12.0 Å². The fourth-order valence-corrected chi connectivity index (χ4v) is 4.22. The fourth-order valence-electron chi connectivity index (χ4n) is 4.22. The Labute approximate surface area is 193 Å². The zero-order chi connectivity index (χ0) is 23.4. The molecule has 0 unspecified atom stereocenters. The number of nitrogens with zero attached hydrogens (tertiary/aromatic N) is 3. The molecule has 6 nitrogen and oxygen atoms in total. The molecule has 7 heteroatoms. The number of carbonyl (C=O) groups is 1. The molecule has 172 valence electrons. The number of benzene rings is 2. The Hall–Kier alpha value is -3.45. The first-order valence-corrected chi connectivity index (χ1v) is 10.9. The van der Waals surface area contributed by atoms with Crippen molar-refractivity contribution in [2.75, 3.05) is 27.4 Å². The van der Waals surface area contributed by atoms with Crippen LogP contribution < -0.4 is 4.74 Å².